The summed E-state index contributed by atoms with van der Waals surface area (Å²) in [6, 6.07) is 24.6. The summed E-state index contributed by atoms with van der Waals surface area (Å²) in [7, 11) is 1.10. The molecule has 5 rings (SSSR count). The van der Waals surface area contributed by atoms with Crippen LogP contribution in [0.1, 0.15) is 52.4 Å². The molecule has 36 heavy (non-hydrogen) atoms. The molecule has 4 nitrogen and oxygen atoms in total. The van der Waals surface area contributed by atoms with Gasteiger partial charge >= 0.3 is 5.97 Å². The van der Waals surface area contributed by atoms with Gasteiger partial charge in [0.15, 0.2) is 0 Å². The number of carbonyl (C=O) groups excluding carboxylic acids is 1. The number of methoxy groups -OCH3 is 1. The molecule has 6 heteroatoms. The average molecular weight is 488 g/mol. The van der Waals surface area contributed by atoms with Gasteiger partial charge in [0, 0.05) is 24.1 Å². The van der Waals surface area contributed by atoms with Gasteiger partial charge in [-0.25, -0.2) is 13.6 Å². The topological polar surface area (TPSA) is 47.6 Å². The van der Waals surface area contributed by atoms with Gasteiger partial charge in [-0.1, -0.05) is 60.7 Å². The summed E-state index contributed by atoms with van der Waals surface area (Å²) in [5.74, 6) is -2.49. The Bertz CT molecular complexity index is 1390. The molecule has 0 spiro atoms. The standard InChI is InChI=1S/C30H27F2NO3/c1-18(22-12-7-9-19-8-3-4-10-23(19)22)33-17-21-16-25(24-11-5-6-13-28(24)36-21)20-14-26(31)29(27(32)15-20)30(34)35-2/h3-15,18,21,25,33H,16-17H2,1-2H3. The first-order chi connectivity index (χ1) is 17.5. The molecule has 1 N–H and O–H groups in total. The predicted molar refractivity (Wildman–Crippen MR) is 135 cm³/mol. The molecule has 3 unspecified atom stereocenters. The highest BCUT2D eigenvalue weighted by Crippen LogP contribution is 2.41. The Morgan fingerprint density at radius 2 is 1.72 bits per heavy atom. The molecule has 0 radical (unpaired) electrons. The highest BCUT2D eigenvalue weighted by molar-refractivity contribution is 5.90. The zero-order chi connectivity index (χ0) is 25.2. The van der Waals surface area contributed by atoms with Crippen molar-refractivity contribution in [3.63, 3.8) is 0 Å². The van der Waals surface area contributed by atoms with E-state index in [1.54, 1.807) is 0 Å². The molecule has 0 amide bonds. The minimum absolute atomic E-state index is 0.0737. The van der Waals surface area contributed by atoms with Crippen molar-refractivity contribution in [1.82, 2.24) is 5.32 Å². The fourth-order valence-corrected chi connectivity index (χ4v) is 5.07. The lowest BCUT2D eigenvalue weighted by Gasteiger charge is -2.33. The van der Waals surface area contributed by atoms with Crippen molar-refractivity contribution >= 4 is 16.7 Å². The molecular formula is C30H27F2NO3. The largest absolute Gasteiger partial charge is 0.489 e. The predicted octanol–water partition coefficient (Wildman–Crippen LogP) is 6.54. The zero-order valence-electron chi connectivity index (χ0n) is 20.1. The molecule has 0 aromatic heterocycles. The van der Waals surface area contributed by atoms with Gasteiger partial charge < -0.3 is 14.8 Å². The van der Waals surface area contributed by atoms with Gasteiger partial charge in [-0.15, -0.1) is 0 Å². The Labute approximate surface area is 208 Å². The minimum atomic E-state index is -1.03. The summed E-state index contributed by atoms with van der Waals surface area (Å²) in [5.41, 5.74) is 1.84. The number of carbonyl (C=O) groups is 1. The molecular weight excluding hydrogens is 460 g/mol. The Hall–Kier alpha value is -3.77. The molecule has 0 aliphatic carbocycles. The number of para-hydroxylation sites is 1. The number of ether oxygens (including phenoxy) is 2. The lowest BCUT2D eigenvalue weighted by atomic mass is 9.83. The molecule has 0 bridgehead atoms. The Morgan fingerprint density at radius 3 is 2.50 bits per heavy atom. The van der Waals surface area contributed by atoms with Crippen LogP contribution in [-0.4, -0.2) is 25.7 Å². The van der Waals surface area contributed by atoms with E-state index in [9.17, 15) is 13.6 Å². The molecule has 1 aliphatic rings. The second-order valence-corrected chi connectivity index (χ2v) is 9.12. The van der Waals surface area contributed by atoms with Gasteiger partial charge in [0.05, 0.1) is 7.11 Å². The lowest BCUT2D eigenvalue weighted by Crippen LogP contribution is -2.37. The maximum absolute atomic E-state index is 14.8. The minimum Gasteiger partial charge on any atom is -0.489 e. The van der Waals surface area contributed by atoms with Gasteiger partial charge in [-0.2, -0.15) is 0 Å². The van der Waals surface area contributed by atoms with E-state index in [-0.39, 0.29) is 18.1 Å². The van der Waals surface area contributed by atoms with Crippen LogP contribution in [0.3, 0.4) is 0 Å². The molecule has 4 aromatic rings. The second-order valence-electron chi connectivity index (χ2n) is 9.12. The van der Waals surface area contributed by atoms with Crippen molar-refractivity contribution in [2.24, 2.45) is 0 Å². The van der Waals surface area contributed by atoms with Gasteiger partial charge in [0.2, 0.25) is 0 Å². The van der Waals surface area contributed by atoms with E-state index in [0.717, 1.165) is 12.7 Å². The molecule has 1 heterocycles. The molecule has 3 atom stereocenters. The normalized spacial score (nSPS) is 17.8. The number of halogens is 2. The van der Waals surface area contributed by atoms with Crippen LogP contribution in [0.15, 0.2) is 78.9 Å². The number of nitrogens with one attached hydrogen (secondary N) is 1. The average Bonchev–Trinajstić information content (AvgIpc) is 2.90. The summed E-state index contributed by atoms with van der Waals surface area (Å²) >= 11 is 0. The first-order valence-corrected chi connectivity index (χ1v) is 12.0. The number of rotatable bonds is 6. The number of hydrogen-bond acceptors (Lipinski definition) is 4. The van der Waals surface area contributed by atoms with Gasteiger partial charge in [-0.3, -0.25) is 0 Å². The van der Waals surface area contributed by atoms with Crippen LogP contribution in [-0.2, 0) is 4.74 Å². The third kappa shape index (κ3) is 4.56. The van der Waals surface area contributed by atoms with Crippen molar-refractivity contribution in [3.05, 3.63) is 113 Å². The third-order valence-corrected chi connectivity index (χ3v) is 6.88. The van der Waals surface area contributed by atoms with Crippen molar-refractivity contribution in [3.8, 4) is 5.75 Å². The van der Waals surface area contributed by atoms with E-state index in [0.29, 0.717) is 24.3 Å². The summed E-state index contributed by atoms with van der Waals surface area (Å²) in [5, 5.41) is 5.97. The van der Waals surface area contributed by atoms with E-state index in [1.165, 1.54) is 28.5 Å². The Kier molecular flexibility index (Phi) is 6.70. The third-order valence-electron chi connectivity index (χ3n) is 6.88. The van der Waals surface area contributed by atoms with Gasteiger partial charge in [-0.05, 0) is 53.4 Å². The van der Waals surface area contributed by atoms with E-state index >= 15 is 0 Å². The summed E-state index contributed by atoms with van der Waals surface area (Å²) in [6.45, 7) is 2.67. The molecule has 0 saturated carbocycles. The molecule has 4 aromatic carbocycles. The monoisotopic (exact) mass is 487 g/mol. The van der Waals surface area contributed by atoms with Crippen LogP contribution >= 0.6 is 0 Å². The molecule has 0 saturated heterocycles. The Balaban J connectivity index is 1.39. The van der Waals surface area contributed by atoms with Crippen LogP contribution < -0.4 is 10.1 Å². The highest BCUT2D eigenvalue weighted by Gasteiger charge is 2.31. The van der Waals surface area contributed by atoms with Gasteiger partial charge in [0.25, 0.3) is 0 Å². The van der Waals surface area contributed by atoms with Crippen molar-refractivity contribution in [2.75, 3.05) is 13.7 Å². The maximum atomic E-state index is 14.8. The van der Waals surface area contributed by atoms with Crippen LogP contribution in [0.2, 0.25) is 0 Å². The van der Waals surface area contributed by atoms with E-state index in [4.69, 9.17) is 4.74 Å². The van der Waals surface area contributed by atoms with E-state index < -0.39 is 23.2 Å². The highest BCUT2D eigenvalue weighted by atomic mass is 19.1. The quantitative estimate of drug-likeness (QED) is 0.314. The summed E-state index contributed by atoms with van der Waals surface area (Å²) in [4.78, 5) is 11.8. The van der Waals surface area contributed by atoms with Crippen LogP contribution in [0.4, 0.5) is 8.78 Å². The van der Waals surface area contributed by atoms with Crippen LogP contribution in [0, 0.1) is 11.6 Å². The second kappa shape index (κ2) is 10.1. The number of hydrogen-bond donors (Lipinski definition) is 1. The van der Waals surface area contributed by atoms with E-state index in [2.05, 4.69) is 47.3 Å². The number of fused-ring (bicyclic) bond motifs is 2. The lowest BCUT2D eigenvalue weighted by molar-refractivity contribution is 0.0589. The van der Waals surface area contributed by atoms with Crippen molar-refractivity contribution in [1.29, 1.82) is 0 Å². The number of esters is 1. The van der Waals surface area contributed by atoms with Crippen molar-refractivity contribution in [2.45, 2.75) is 31.4 Å². The van der Waals surface area contributed by atoms with Crippen LogP contribution in [0.25, 0.3) is 10.8 Å². The first kappa shape index (κ1) is 23.9. The van der Waals surface area contributed by atoms with Gasteiger partial charge in [0.1, 0.15) is 29.1 Å². The first-order valence-electron chi connectivity index (χ1n) is 12.0. The molecule has 1 aliphatic heterocycles. The maximum Gasteiger partial charge on any atom is 0.343 e. The fraction of sp³-hybridized carbons (Fsp3) is 0.233. The SMILES string of the molecule is COC(=O)c1c(F)cc(C2CC(CNC(C)c3cccc4ccccc34)Oc3ccccc32)cc1F. The smallest absolute Gasteiger partial charge is 0.343 e. The summed E-state index contributed by atoms with van der Waals surface area (Å²) < 4.78 is 40.3. The fourth-order valence-electron chi connectivity index (χ4n) is 5.07. The Morgan fingerprint density at radius 1 is 1.03 bits per heavy atom. The molecule has 184 valence electrons. The molecule has 0 fully saturated rings. The van der Waals surface area contributed by atoms with Crippen LogP contribution in [0.5, 0.6) is 5.75 Å². The zero-order valence-corrected chi connectivity index (χ0v) is 20.1. The van der Waals surface area contributed by atoms with E-state index in [1.807, 2.05) is 36.4 Å². The van der Waals surface area contributed by atoms with Crippen molar-refractivity contribution < 1.29 is 23.0 Å². The summed E-state index contributed by atoms with van der Waals surface area (Å²) in [6.07, 6.45) is 0.316. The number of benzene rings is 4.